The first-order valence-corrected chi connectivity index (χ1v) is 9.70. The van der Waals surface area contributed by atoms with Gasteiger partial charge in [-0.2, -0.15) is 4.31 Å². The largest absolute Gasteiger partial charge is 0.492 e. The molecule has 1 aliphatic rings. The van der Waals surface area contributed by atoms with Crippen LogP contribution in [0.2, 0.25) is 0 Å². The molecule has 0 amide bonds. The van der Waals surface area contributed by atoms with Gasteiger partial charge in [-0.05, 0) is 31.2 Å². The maximum Gasteiger partial charge on any atom is 0.290 e. The molecule has 7 nitrogen and oxygen atoms in total. The van der Waals surface area contributed by atoms with Gasteiger partial charge in [0.1, 0.15) is 18.2 Å². The van der Waals surface area contributed by atoms with Crippen LogP contribution in [0.15, 0.2) is 36.4 Å². The molecule has 9 heteroatoms. The number of halogens is 1. The zero-order valence-electron chi connectivity index (χ0n) is 14.8. The van der Waals surface area contributed by atoms with Crippen LogP contribution in [0, 0.1) is 5.82 Å². The Hall–Kier alpha value is -1.97. The van der Waals surface area contributed by atoms with Gasteiger partial charge in [0.05, 0.1) is 5.75 Å². The molecule has 2 rings (SSSR count). The predicted octanol–water partition coefficient (Wildman–Crippen LogP) is 1.43. The van der Waals surface area contributed by atoms with Crippen molar-refractivity contribution in [2.75, 3.05) is 45.1 Å². The number of sulfonamides is 1. The fourth-order valence-electron chi connectivity index (χ4n) is 2.47. The Kier molecular flexibility index (Phi) is 9.25. The van der Waals surface area contributed by atoms with Gasteiger partial charge in [0.2, 0.25) is 10.0 Å². The molecule has 1 N–H and O–H groups in total. The van der Waals surface area contributed by atoms with E-state index in [0.29, 0.717) is 31.9 Å². The van der Waals surface area contributed by atoms with Gasteiger partial charge in [-0.15, -0.1) is 0 Å². The predicted molar refractivity (Wildman–Crippen MR) is 97.2 cm³/mol. The average molecular weight is 388 g/mol. The summed E-state index contributed by atoms with van der Waals surface area (Å²) in [5, 5.41) is 6.89. The lowest BCUT2D eigenvalue weighted by Crippen LogP contribution is -2.49. The zero-order valence-corrected chi connectivity index (χ0v) is 15.6. The number of hydrogen-bond acceptors (Lipinski definition) is 5. The number of rotatable bonds is 7. The summed E-state index contributed by atoms with van der Waals surface area (Å²) in [6.07, 6.45) is 0. The van der Waals surface area contributed by atoms with Crippen molar-refractivity contribution in [2.45, 2.75) is 6.92 Å². The zero-order chi connectivity index (χ0) is 19.6. The summed E-state index contributed by atoms with van der Waals surface area (Å²) in [5.74, 6) is 0.0377. The molecule has 1 saturated heterocycles. The van der Waals surface area contributed by atoms with Gasteiger partial charge in [0.15, 0.2) is 0 Å². The van der Waals surface area contributed by atoms with Crippen LogP contribution < -0.4 is 4.74 Å². The first-order chi connectivity index (χ1) is 12.3. The molecular formula is C17H25FN2O5S. The lowest BCUT2D eigenvalue weighted by Gasteiger charge is -2.34. The molecule has 0 bridgehead atoms. The maximum atomic E-state index is 12.8. The minimum Gasteiger partial charge on any atom is -0.492 e. The Bertz CT molecular complexity index is 671. The van der Waals surface area contributed by atoms with E-state index in [4.69, 9.17) is 14.6 Å². The number of piperazine rings is 1. The van der Waals surface area contributed by atoms with Crippen molar-refractivity contribution in [2.24, 2.45) is 0 Å². The fourth-order valence-corrected chi connectivity index (χ4v) is 3.74. The molecule has 0 radical (unpaired) electrons. The second-order valence-corrected chi connectivity index (χ2v) is 7.94. The highest BCUT2D eigenvalue weighted by Gasteiger charge is 2.26. The Labute approximate surface area is 153 Å². The van der Waals surface area contributed by atoms with Crippen molar-refractivity contribution < 1.29 is 27.4 Å². The van der Waals surface area contributed by atoms with Crippen LogP contribution in [0.25, 0.3) is 0 Å². The van der Waals surface area contributed by atoms with E-state index in [2.05, 4.69) is 11.5 Å². The first kappa shape index (κ1) is 22.1. The molecule has 0 atom stereocenters. The third-order valence-corrected chi connectivity index (χ3v) is 5.48. The fraction of sp³-hybridized carbons (Fsp3) is 0.471. The van der Waals surface area contributed by atoms with E-state index in [1.54, 1.807) is 0 Å². The molecular weight excluding hydrogens is 363 g/mol. The van der Waals surface area contributed by atoms with Crippen LogP contribution in [0.4, 0.5) is 4.39 Å². The van der Waals surface area contributed by atoms with Crippen LogP contribution in [-0.2, 0) is 14.8 Å². The van der Waals surface area contributed by atoms with Gasteiger partial charge in [-0.3, -0.25) is 9.69 Å². The lowest BCUT2D eigenvalue weighted by molar-refractivity contribution is -0.122. The highest BCUT2D eigenvalue weighted by atomic mass is 32.2. The van der Waals surface area contributed by atoms with Gasteiger partial charge in [-0.1, -0.05) is 12.2 Å². The van der Waals surface area contributed by atoms with E-state index < -0.39 is 10.0 Å². The number of carbonyl (C=O) groups is 1. The molecule has 1 aromatic rings. The number of nitrogens with zero attached hydrogens (tertiary/aromatic N) is 2. The third kappa shape index (κ3) is 7.94. The minimum absolute atomic E-state index is 0.0555. The summed E-state index contributed by atoms with van der Waals surface area (Å²) in [5.41, 5.74) is 1.08. The van der Waals surface area contributed by atoms with E-state index in [0.717, 1.165) is 12.1 Å². The standard InChI is InChI=1S/C16H23FN2O3S.CH2O2/c1-14(2)13-18-7-9-19(10-8-18)23(20,21)12-11-22-16-5-3-15(17)4-6-16;2-1-3/h3-6H,1,7-13H2,2H3;1H,(H,2,3). The average Bonchev–Trinajstić information content (AvgIpc) is 2.57. The Morgan fingerprint density at radius 3 is 2.31 bits per heavy atom. The molecule has 0 aromatic heterocycles. The summed E-state index contributed by atoms with van der Waals surface area (Å²) in [6, 6.07) is 5.53. The summed E-state index contributed by atoms with van der Waals surface area (Å²) in [4.78, 5) is 10.6. The quantitative estimate of drug-likeness (QED) is 0.562. The van der Waals surface area contributed by atoms with Crippen LogP contribution in [0.1, 0.15) is 6.92 Å². The monoisotopic (exact) mass is 388 g/mol. The van der Waals surface area contributed by atoms with Gasteiger partial charge in [0, 0.05) is 32.7 Å². The summed E-state index contributed by atoms with van der Waals surface area (Å²) < 4.78 is 44.3. The molecule has 146 valence electrons. The number of hydrogen-bond donors (Lipinski definition) is 1. The second-order valence-electron chi connectivity index (χ2n) is 5.86. The summed E-state index contributed by atoms with van der Waals surface area (Å²) >= 11 is 0. The molecule has 26 heavy (non-hydrogen) atoms. The maximum absolute atomic E-state index is 12.8. The lowest BCUT2D eigenvalue weighted by atomic mass is 10.3. The molecule has 0 aliphatic carbocycles. The number of ether oxygens (including phenoxy) is 1. The topological polar surface area (TPSA) is 87.2 Å². The smallest absolute Gasteiger partial charge is 0.290 e. The summed E-state index contributed by atoms with van der Waals surface area (Å²) in [6.45, 7) is 8.87. The van der Waals surface area contributed by atoms with Crippen LogP contribution in [-0.4, -0.2) is 74.3 Å². The first-order valence-electron chi connectivity index (χ1n) is 8.09. The van der Waals surface area contributed by atoms with Gasteiger partial charge in [-0.25, -0.2) is 12.8 Å². The minimum atomic E-state index is -3.33. The Morgan fingerprint density at radius 2 is 1.81 bits per heavy atom. The molecule has 0 unspecified atom stereocenters. The van der Waals surface area contributed by atoms with Crippen LogP contribution in [0.3, 0.4) is 0 Å². The van der Waals surface area contributed by atoms with Gasteiger partial charge >= 0.3 is 0 Å². The van der Waals surface area contributed by atoms with Gasteiger partial charge < -0.3 is 9.84 Å². The van der Waals surface area contributed by atoms with Crippen LogP contribution >= 0.6 is 0 Å². The molecule has 1 aromatic carbocycles. The van der Waals surface area contributed by atoms with Crippen molar-refractivity contribution in [3.05, 3.63) is 42.2 Å². The SMILES string of the molecule is C=C(C)CN1CCN(S(=O)(=O)CCOc2ccc(F)cc2)CC1.O=CO. The molecule has 1 aliphatic heterocycles. The van der Waals surface area contributed by atoms with Crippen molar-refractivity contribution in [1.82, 2.24) is 9.21 Å². The normalized spacial score (nSPS) is 15.6. The molecule has 1 fully saturated rings. The van der Waals surface area contributed by atoms with E-state index >= 15 is 0 Å². The third-order valence-electron chi connectivity index (χ3n) is 3.64. The van der Waals surface area contributed by atoms with E-state index in [1.807, 2.05) is 6.92 Å². The summed E-state index contributed by atoms with van der Waals surface area (Å²) in [7, 11) is -3.33. The number of carboxylic acid groups (broad SMARTS) is 1. The Balaban J connectivity index is 0.00000105. The van der Waals surface area contributed by atoms with E-state index in [1.165, 1.54) is 28.6 Å². The van der Waals surface area contributed by atoms with Gasteiger partial charge in [0.25, 0.3) is 6.47 Å². The van der Waals surface area contributed by atoms with Crippen molar-refractivity contribution >= 4 is 16.5 Å². The molecule has 1 heterocycles. The van der Waals surface area contributed by atoms with Crippen molar-refractivity contribution in [1.29, 1.82) is 0 Å². The molecule has 0 spiro atoms. The van der Waals surface area contributed by atoms with E-state index in [9.17, 15) is 12.8 Å². The second kappa shape index (κ2) is 10.9. The Morgan fingerprint density at radius 1 is 1.27 bits per heavy atom. The highest BCUT2D eigenvalue weighted by molar-refractivity contribution is 7.89. The number of benzene rings is 1. The van der Waals surface area contributed by atoms with Crippen LogP contribution in [0.5, 0.6) is 5.75 Å². The van der Waals surface area contributed by atoms with E-state index in [-0.39, 0.29) is 24.6 Å². The highest BCUT2D eigenvalue weighted by Crippen LogP contribution is 2.13. The molecule has 0 saturated carbocycles. The van der Waals surface area contributed by atoms with Crippen molar-refractivity contribution in [3.63, 3.8) is 0 Å². The van der Waals surface area contributed by atoms with Crippen molar-refractivity contribution in [3.8, 4) is 5.75 Å².